The molecule has 0 aliphatic rings. The second kappa shape index (κ2) is 7.69. The first-order valence-electron chi connectivity index (χ1n) is 5.33. The fourth-order valence-electron chi connectivity index (χ4n) is 1.23. The molecule has 0 radical (unpaired) electrons. The highest BCUT2D eigenvalue weighted by Crippen LogP contribution is 2.19. The summed E-state index contributed by atoms with van der Waals surface area (Å²) in [5.41, 5.74) is 9.01. The van der Waals surface area contributed by atoms with Crippen LogP contribution in [-0.2, 0) is 0 Å². The van der Waals surface area contributed by atoms with E-state index in [9.17, 15) is 0 Å². The summed E-state index contributed by atoms with van der Waals surface area (Å²) in [7, 11) is 0. The van der Waals surface area contributed by atoms with Crippen LogP contribution in [0.3, 0.4) is 0 Å². The van der Waals surface area contributed by atoms with Crippen LogP contribution in [0.5, 0.6) is 0 Å². The van der Waals surface area contributed by atoms with Crippen LogP contribution in [0, 0.1) is 21.0 Å². The first-order chi connectivity index (χ1) is 8.40. The average molecular weight is 530 g/mol. The van der Waals surface area contributed by atoms with Gasteiger partial charge in [-0.1, -0.05) is 17.7 Å². The quantitative estimate of drug-likeness (QED) is 0.352. The number of benzene rings is 2. The molecule has 0 bridgehead atoms. The molecule has 0 aliphatic carbocycles. The minimum Gasteiger partial charge on any atom is -0.398 e. The smallest absolute Gasteiger partial charge is 0.0449 e. The van der Waals surface area contributed by atoms with E-state index in [4.69, 9.17) is 5.73 Å². The predicted molar refractivity (Wildman–Crippen MR) is 99.9 cm³/mol. The molecule has 0 saturated heterocycles. The minimum absolute atomic E-state index is 0.862. The lowest BCUT2D eigenvalue weighted by Gasteiger charge is -1.96. The lowest BCUT2D eigenvalue weighted by atomic mass is 10.2. The molecule has 2 rings (SSSR count). The molecular formula is C14H14BrI2N. The number of rotatable bonds is 0. The number of nitrogen functional groups attached to an aromatic ring is 1. The van der Waals surface area contributed by atoms with E-state index in [2.05, 4.69) is 99.2 Å². The van der Waals surface area contributed by atoms with Crippen molar-refractivity contribution in [2.24, 2.45) is 0 Å². The van der Waals surface area contributed by atoms with Gasteiger partial charge in [0.05, 0.1) is 0 Å². The van der Waals surface area contributed by atoms with Gasteiger partial charge < -0.3 is 5.73 Å². The second-order valence-corrected chi connectivity index (χ2v) is 7.12. The van der Waals surface area contributed by atoms with Crippen LogP contribution < -0.4 is 5.73 Å². The van der Waals surface area contributed by atoms with Crippen LogP contribution >= 0.6 is 61.1 Å². The number of anilines is 1. The SMILES string of the molecule is Cc1ccc(Br)c(I)c1.Cc1ccc(N)c(I)c1. The Hall–Kier alpha value is 0.180. The second-order valence-electron chi connectivity index (χ2n) is 3.94. The standard InChI is InChI=1S/C7H6BrI.C7H8IN/c1-5-2-3-6(8)7(9)4-5;1-5-2-3-7(9)6(8)4-5/h2-4H,1H3;2-4H,9H2,1H3. The zero-order valence-corrected chi connectivity index (χ0v) is 16.1. The van der Waals surface area contributed by atoms with E-state index < -0.39 is 0 Å². The summed E-state index contributed by atoms with van der Waals surface area (Å²) in [6, 6.07) is 12.3. The Labute approximate surface area is 144 Å². The normalized spacial score (nSPS) is 9.61. The Morgan fingerprint density at radius 3 is 1.78 bits per heavy atom. The molecule has 0 aromatic heterocycles. The van der Waals surface area contributed by atoms with E-state index in [1.54, 1.807) is 0 Å². The van der Waals surface area contributed by atoms with Gasteiger partial charge in [0.1, 0.15) is 0 Å². The van der Waals surface area contributed by atoms with Crippen molar-refractivity contribution in [3.63, 3.8) is 0 Å². The zero-order valence-electron chi connectivity index (χ0n) is 10.2. The Morgan fingerprint density at radius 1 is 0.889 bits per heavy atom. The summed E-state index contributed by atoms with van der Waals surface area (Å²) in [4.78, 5) is 0. The highest BCUT2D eigenvalue weighted by atomic mass is 127. The van der Waals surface area contributed by atoms with Gasteiger partial charge in [0.2, 0.25) is 0 Å². The maximum atomic E-state index is 5.58. The van der Waals surface area contributed by atoms with Gasteiger partial charge in [-0.15, -0.1) is 0 Å². The molecule has 0 fully saturated rings. The molecule has 4 heteroatoms. The molecule has 18 heavy (non-hydrogen) atoms. The average Bonchev–Trinajstić information content (AvgIpc) is 2.30. The van der Waals surface area contributed by atoms with Crippen molar-refractivity contribution in [3.05, 3.63) is 59.1 Å². The number of halogens is 3. The van der Waals surface area contributed by atoms with Crippen molar-refractivity contribution in [1.29, 1.82) is 0 Å². The summed E-state index contributed by atoms with van der Waals surface area (Å²) in [5, 5.41) is 0. The first-order valence-corrected chi connectivity index (χ1v) is 8.28. The molecule has 0 saturated carbocycles. The number of hydrogen-bond donors (Lipinski definition) is 1. The Kier molecular flexibility index (Phi) is 6.94. The summed E-state index contributed by atoms with van der Waals surface area (Å²) in [6.45, 7) is 4.15. The molecule has 2 N–H and O–H groups in total. The Bertz CT molecular complexity index is 492. The summed E-state index contributed by atoms with van der Waals surface area (Å²) in [5.74, 6) is 0. The van der Waals surface area contributed by atoms with Gasteiger partial charge in [0, 0.05) is 17.3 Å². The van der Waals surface area contributed by atoms with E-state index in [-0.39, 0.29) is 0 Å². The molecule has 0 atom stereocenters. The third-order valence-corrected chi connectivity index (χ3v) is 5.49. The van der Waals surface area contributed by atoms with E-state index in [0.29, 0.717) is 0 Å². The topological polar surface area (TPSA) is 26.0 Å². The largest absolute Gasteiger partial charge is 0.398 e. The van der Waals surface area contributed by atoms with E-state index >= 15 is 0 Å². The summed E-state index contributed by atoms with van der Waals surface area (Å²) < 4.78 is 3.58. The highest BCUT2D eigenvalue weighted by molar-refractivity contribution is 14.1. The van der Waals surface area contributed by atoms with Crippen molar-refractivity contribution in [1.82, 2.24) is 0 Å². The van der Waals surface area contributed by atoms with Crippen LogP contribution in [0.25, 0.3) is 0 Å². The lowest BCUT2D eigenvalue weighted by molar-refractivity contribution is 1.43. The Morgan fingerprint density at radius 2 is 1.39 bits per heavy atom. The summed E-state index contributed by atoms with van der Waals surface area (Å²) >= 11 is 7.95. The van der Waals surface area contributed by atoms with Crippen LogP contribution in [-0.4, -0.2) is 0 Å². The number of hydrogen-bond acceptors (Lipinski definition) is 1. The molecule has 0 aliphatic heterocycles. The number of nitrogens with two attached hydrogens (primary N) is 1. The third kappa shape index (κ3) is 5.44. The summed E-state index contributed by atoms with van der Waals surface area (Å²) in [6.07, 6.45) is 0. The minimum atomic E-state index is 0.862. The van der Waals surface area contributed by atoms with Gasteiger partial charge in [0.25, 0.3) is 0 Å². The van der Waals surface area contributed by atoms with Crippen molar-refractivity contribution in [2.75, 3.05) is 5.73 Å². The molecule has 0 spiro atoms. The fourth-order valence-corrected chi connectivity index (χ4v) is 2.82. The van der Waals surface area contributed by atoms with Gasteiger partial charge in [-0.05, 0) is 105 Å². The molecule has 0 unspecified atom stereocenters. The van der Waals surface area contributed by atoms with E-state index in [0.717, 1.165) is 9.26 Å². The van der Waals surface area contributed by atoms with Crippen molar-refractivity contribution >= 4 is 66.8 Å². The highest BCUT2D eigenvalue weighted by Gasteiger charge is 1.92. The van der Waals surface area contributed by atoms with Crippen LogP contribution in [0.4, 0.5) is 5.69 Å². The first kappa shape index (κ1) is 16.2. The van der Waals surface area contributed by atoms with Crippen LogP contribution in [0.15, 0.2) is 40.9 Å². The third-order valence-electron chi connectivity index (χ3n) is 2.23. The maximum Gasteiger partial charge on any atom is 0.0449 e. The monoisotopic (exact) mass is 529 g/mol. The molecule has 2 aromatic rings. The molecular weight excluding hydrogens is 516 g/mol. The molecule has 0 amide bonds. The van der Waals surface area contributed by atoms with Crippen molar-refractivity contribution < 1.29 is 0 Å². The molecule has 96 valence electrons. The zero-order chi connectivity index (χ0) is 13.7. The van der Waals surface area contributed by atoms with Gasteiger partial charge >= 0.3 is 0 Å². The lowest BCUT2D eigenvalue weighted by Crippen LogP contribution is -1.88. The number of aryl methyl sites for hydroxylation is 2. The van der Waals surface area contributed by atoms with Crippen LogP contribution in [0.1, 0.15) is 11.1 Å². The van der Waals surface area contributed by atoms with Crippen LogP contribution in [0.2, 0.25) is 0 Å². The molecule has 0 heterocycles. The van der Waals surface area contributed by atoms with Gasteiger partial charge in [-0.3, -0.25) is 0 Å². The predicted octanol–water partition coefficient (Wildman–Crippen LogP) is 5.54. The van der Waals surface area contributed by atoms with Crippen molar-refractivity contribution in [3.8, 4) is 0 Å². The van der Waals surface area contributed by atoms with Gasteiger partial charge in [0.15, 0.2) is 0 Å². The molecule has 1 nitrogen and oxygen atoms in total. The van der Waals surface area contributed by atoms with Crippen molar-refractivity contribution in [2.45, 2.75) is 13.8 Å². The maximum absolute atomic E-state index is 5.58. The van der Waals surface area contributed by atoms with Gasteiger partial charge in [-0.2, -0.15) is 0 Å². The van der Waals surface area contributed by atoms with E-state index in [1.165, 1.54) is 19.2 Å². The molecule has 2 aromatic carbocycles. The van der Waals surface area contributed by atoms with E-state index in [1.807, 2.05) is 12.1 Å². The fraction of sp³-hybridized carbons (Fsp3) is 0.143. The van der Waals surface area contributed by atoms with Gasteiger partial charge in [-0.25, -0.2) is 0 Å². The Balaban J connectivity index is 0.000000180.